The molecule has 6 amide bonds. The SMILES string of the molecule is C=C(NCC(=O)NCC(=O)NC(C)Cc1ccccc1)C1CNC(=O)/C(Br)=C(/Br)C(=O)NC1.CC[C@@]1(O)C(=O)OCc2c1cc1n(c2=O)Cc2c-1nc1cc(F)c(C)c3c1c2CCC3.NC(=O)CNC=O. The minimum absolute atomic E-state index is 0.0712. The van der Waals surface area contributed by atoms with E-state index in [9.17, 15) is 47.9 Å². The number of fused-ring (bicyclic) bond motifs is 5. The van der Waals surface area contributed by atoms with Crippen molar-refractivity contribution >= 4 is 84.7 Å². The second-order valence-corrected chi connectivity index (χ2v) is 18.8. The molecule has 0 fully saturated rings. The first kappa shape index (κ1) is 53.6. The molecular weight excluding hydrogens is 1050 g/mol. The number of pyridine rings is 2. The summed E-state index contributed by atoms with van der Waals surface area (Å²) in [7, 11) is 0. The predicted molar refractivity (Wildman–Crippen MR) is 267 cm³/mol. The smallest absolute Gasteiger partial charge is 0.343 e. The summed E-state index contributed by atoms with van der Waals surface area (Å²) in [6.45, 7) is 9.62. The third-order valence-electron chi connectivity index (χ3n) is 12.4. The molecule has 376 valence electrons. The lowest BCUT2D eigenvalue weighted by molar-refractivity contribution is -0.172. The number of halogens is 3. The van der Waals surface area contributed by atoms with Crippen LogP contribution in [0.15, 0.2) is 68.5 Å². The molecule has 9 N–H and O–H groups in total. The van der Waals surface area contributed by atoms with Gasteiger partial charge in [0.15, 0.2) is 5.60 Å². The third kappa shape index (κ3) is 12.2. The summed E-state index contributed by atoms with van der Waals surface area (Å²) in [6.07, 6.45) is 3.80. The van der Waals surface area contributed by atoms with E-state index in [1.165, 1.54) is 6.07 Å². The van der Waals surface area contributed by atoms with Crippen molar-refractivity contribution in [3.8, 4) is 11.4 Å². The van der Waals surface area contributed by atoms with Gasteiger partial charge >= 0.3 is 5.97 Å². The summed E-state index contributed by atoms with van der Waals surface area (Å²) in [5.41, 5.74) is 10.2. The Morgan fingerprint density at radius 1 is 0.986 bits per heavy atom. The van der Waals surface area contributed by atoms with Crippen molar-refractivity contribution in [1.29, 1.82) is 0 Å². The van der Waals surface area contributed by atoms with Gasteiger partial charge in [-0.25, -0.2) is 14.2 Å². The number of nitrogens with zero attached hydrogens (tertiary/aromatic N) is 2. The first-order valence-corrected chi connectivity index (χ1v) is 24.3. The quantitative estimate of drug-likeness (QED) is 0.0622. The summed E-state index contributed by atoms with van der Waals surface area (Å²) in [6, 6.07) is 12.9. The lowest BCUT2D eigenvalue weighted by atomic mass is 9.84. The number of aromatic nitrogens is 2. The van der Waals surface area contributed by atoms with Crippen LogP contribution in [-0.4, -0.2) is 95.3 Å². The van der Waals surface area contributed by atoms with Crippen molar-refractivity contribution in [2.45, 2.75) is 77.7 Å². The Morgan fingerprint density at radius 3 is 2.25 bits per heavy atom. The van der Waals surface area contributed by atoms with Crippen LogP contribution in [0.4, 0.5) is 4.39 Å². The van der Waals surface area contributed by atoms with Gasteiger partial charge in [-0.3, -0.25) is 33.6 Å². The Bertz CT molecular complexity index is 2880. The van der Waals surface area contributed by atoms with Gasteiger partial charge in [0.1, 0.15) is 21.4 Å². The van der Waals surface area contributed by atoms with Crippen molar-refractivity contribution < 1.29 is 47.8 Å². The van der Waals surface area contributed by atoms with Gasteiger partial charge in [-0.15, -0.1) is 0 Å². The van der Waals surface area contributed by atoms with Gasteiger partial charge in [0.25, 0.3) is 17.4 Å². The van der Waals surface area contributed by atoms with Crippen LogP contribution in [0.2, 0.25) is 0 Å². The van der Waals surface area contributed by atoms with Crippen molar-refractivity contribution in [3.05, 3.63) is 119 Å². The summed E-state index contributed by atoms with van der Waals surface area (Å²) in [5, 5.41) is 27.8. The maximum atomic E-state index is 14.6. The maximum absolute atomic E-state index is 14.6. The number of hydrogen-bond donors (Lipinski definition) is 8. The summed E-state index contributed by atoms with van der Waals surface area (Å²) >= 11 is 6.16. The van der Waals surface area contributed by atoms with E-state index in [2.05, 4.69) is 76.1 Å². The van der Waals surface area contributed by atoms with Crippen LogP contribution in [0.3, 0.4) is 0 Å². The molecule has 0 spiro atoms. The highest BCUT2D eigenvalue weighted by atomic mass is 79.9. The van der Waals surface area contributed by atoms with Gasteiger partial charge in [-0.1, -0.05) is 43.8 Å². The number of benzene rings is 2. The Labute approximate surface area is 424 Å². The van der Waals surface area contributed by atoms with Crippen LogP contribution < -0.4 is 43.2 Å². The molecule has 3 aliphatic heterocycles. The number of carbonyl (C=O) groups is 7. The topological polar surface area (TPSA) is 282 Å². The van der Waals surface area contributed by atoms with Crippen LogP contribution in [0.1, 0.15) is 65.6 Å². The highest BCUT2D eigenvalue weighted by Gasteiger charge is 2.45. The van der Waals surface area contributed by atoms with E-state index in [1.54, 1.807) is 17.6 Å². The average Bonchev–Trinajstić information content (AvgIpc) is 3.74. The zero-order valence-electron chi connectivity index (χ0n) is 39.2. The van der Waals surface area contributed by atoms with Crippen LogP contribution in [0, 0.1) is 18.7 Å². The van der Waals surface area contributed by atoms with Crippen LogP contribution in [0.5, 0.6) is 0 Å². The number of nitrogens with one attached hydrogen (secondary N) is 6. The van der Waals surface area contributed by atoms with E-state index in [4.69, 9.17) is 9.72 Å². The predicted octanol–water partition coefficient (Wildman–Crippen LogP) is 2.05. The zero-order valence-corrected chi connectivity index (χ0v) is 42.4. The minimum atomic E-state index is -1.85. The largest absolute Gasteiger partial charge is 0.458 e. The molecule has 22 heteroatoms. The van der Waals surface area contributed by atoms with Gasteiger partial charge in [0.05, 0.1) is 48.6 Å². The number of nitrogens with two attached hydrogens (primary N) is 1. The van der Waals surface area contributed by atoms with E-state index in [0.717, 1.165) is 46.9 Å². The first-order chi connectivity index (χ1) is 33.8. The van der Waals surface area contributed by atoms with Gasteiger partial charge in [0, 0.05) is 53.3 Å². The molecule has 0 saturated heterocycles. The monoisotopic (exact) mass is 1110 g/mol. The Morgan fingerprint density at radius 2 is 1.63 bits per heavy atom. The van der Waals surface area contributed by atoms with Gasteiger partial charge in [-0.2, -0.15) is 0 Å². The summed E-state index contributed by atoms with van der Waals surface area (Å²) in [5.74, 6) is -3.44. The van der Waals surface area contributed by atoms with E-state index >= 15 is 0 Å². The standard InChI is InChI=1S/C24H21FN2O4.C22H27Br2N5O4.C3H6N2O2/c1-3-24(30)16-7-19-21-14(9-27(19)22(28)15(16)10-31-23(24)29)13-6-4-5-12-11(2)17(25)8-18(26-21)20(12)13;1-13(8-15-6-4-3-5-7-15)29-18(31)12-26-17(30)11-25-14(2)16-9-27-21(32)19(23)20(24)22(33)28-10-16;4-3(7)1-5-2-6/h7-8,30H,3-6,9-10H2,1-2H3;3-7,13,16,25H,2,8-12H2,1H3,(H,26,30)(H,27,32)(H,28,33)(H,29,31);2H,1H2,(H2,4,7)(H,5,6)/b;20-19-;/t24-;;/m0../s1. The summed E-state index contributed by atoms with van der Waals surface area (Å²) < 4.78 is 21.6. The molecular formula is C49H54Br2FN9O10. The number of hydrogen-bond acceptors (Lipinski definition) is 12. The molecule has 2 atom stereocenters. The molecule has 19 nitrogen and oxygen atoms in total. The number of cyclic esters (lactones) is 1. The number of rotatable bonds is 13. The number of amides is 6. The Hall–Kier alpha value is -6.78. The molecule has 1 unspecified atom stereocenters. The van der Waals surface area contributed by atoms with Crippen molar-refractivity contribution in [2.24, 2.45) is 11.7 Å². The summed E-state index contributed by atoms with van der Waals surface area (Å²) in [4.78, 5) is 97.9. The molecule has 0 radical (unpaired) electrons. The average molecular weight is 1110 g/mol. The highest BCUT2D eigenvalue weighted by molar-refractivity contribution is 9.14. The van der Waals surface area contributed by atoms with Gasteiger partial charge < -0.3 is 52.0 Å². The fourth-order valence-corrected chi connectivity index (χ4v) is 9.33. The lowest BCUT2D eigenvalue weighted by Gasteiger charge is -2.31. The number of ether oxygens (including phenoxy) is 1. The second kappa shape index (κ2) is 23.4. The van der Waals surface area contributed by atoms with Crippen LogP contribution in [0.25, 0.3) is 22.3 Å². The molecule has 2 aromatic carbocycles. The van der Waals surface area contributed by atoms with Crippen molar-refractivity contribution in [3.63, 3.8) is 0 Å². The van der Waals surface area contributed by atoms with E-state index in [1.807, 2.05) is 44.2 Å². The molecule has 4 aromatic rings. The van der Waals surface area contributed by atoms with Crippen molar-refractivity contribution in [1.82, 2.24) is 41.5 Å². The molecule has 8 rings (SSSR count). The number of aryl methyl sites for hydroxylation is 2. The van der Waals surface area contributed by atoms with E-state index in [0.29, 0.717) is 58.7 Å². The number of carbonyl (C=O) groups excluding carboxylic acids is 7. The lowest BCUT2D eigenvalue weighted by Crippen LogP contribution is -2.44. The Balaban J connectivity index is 0.000000205. The molecule has 1 aliphatic carbocycles. The molecule has 71 heavy (non-hydrogen) atoms. The fourth-order valence-electron chi connectivity index (χ4n) is 8.69. The zero-order chi connectivity index (χ0) is 51.7. The molecule has 5 heterocycles. The van der Waals surface area contributed by atoms with Gasteiger partial charge in [-0.05, 0) is 106 Å². The van der Waals surface area contributed by atoms with Crippen LogP contribution >= 0.6 is 31.9 Å². The van der Waals surface area contributed by atoms with Gasteiger partial charge in [0.2, 0.25) is 24.1 Å². The normalized spacial score (nSPS) is 18.3. The maximum Gasteiger partial charge on any atom is 0.343 e. The van der Waals surface area contributed by atoms with E-state index in [-0.39, 0.29) is 89.9 Å². The highest BCUT2D eigenvalue weighted by Crippen LogP contribution is 2.43. The molecule has 4 aliphatic rings. The number of primary amides is 1. The molecule has 0 bridgehead atoms. The number of aliphatic hydroxyl groups is 1. The fraction of sp³-hybridized carbons (Fsp3) is 0.367. The third-order valence-corrected chi connectivity index (χ3v) is 14.5. The second-order valence-electron chi connectivity index (χ2n) is 17.3. The Kier molecular flexibility index (Phi) is 17.7. The molecule has 2 aromatic heterocycles. The van der Waals surface area contributed by atoms with E-state index < -0.39 is 29.3 Å². The number of esters is 1. The van der Waals surface area contributed by atoms with Crippen LogP contribution in [-0.2, 0) is 76.3 Å². The minimum Gasteiger partial charge on any atom is -0.458 e. The molecule has 0 saturated carbocycles. The van der Waals surface area contributed by atoms with Crippen molar-refractivity contribution in [2.75, 3.05) is 32.7 Å². The first-order valence-electron chi connectivity index (χ1n) is 22.7.